The second-order valence-electron chi connectivity index (χ2n) is 4.32. The second-order valence-corrected chi connectivity index (χ2v) is 5.03. The maximum absolute atomic E-state index is 9.75. The SMILES string of the molecule is Nc1nc(Br)nc2c1ncn2[C@H]1C[C@H](O)[C@@H](CO)O1. The zero-order valence-electron chi connectivity index (χ0n) is 9.77. The minimum Gasteiger partial charge on any atom is -0.394 e. The van der Waals surface area contributed by atoms with Crippen LogP contribution in [0, 0.1) is 0 Å². The topological polar surface area (TPSA) is 119 Å². The number of fused-ring (bicyclic) bond motifs is 1. The van der Waals surface area contributed by atoms with Crippen molar-refractivity contribution in [1.82, 2.24) is 19.5 Å². The van der Waals surface area contributed by atoms with Crippen LogP contribution >= 0.6 is 15.9 Å². The number of halogens is 1. The van der Waals surface area contributed by atoms with E-state index in [0.717, 1.165) is 0 Å². The quantitative estimate of drug-likeness (QED) is 0.653. The number of anilines is 1. The van der Waals surface area contributed by atoms with Gasteiger partial charge in [-0.2, -0.15) is 0 Å². The van der Waals surface area contributed by atoms with Crippen molar-refractivity contribution in [3.8, 4) is 0 Å². The van der Waals surface area contributed by atoms with Gasteiger partial charge in [0.2, 0.25) is 4.73 Å². The Labute approximate surface area is 116 Å². The molecule has 0 amide bonds. The molecule has 1 saturated heterocycles. The number of imidazole rings is 1. The van der Waals surface area contributed by atoms with Crippen LogP contribution in [0.4, 0.5) is 5.82 Å². The highest BCUT2D eigenvalue weighted by molar-refractivity contribution is 9.10. The Morgan fingerprint density at radius 2 is 2.32 bits per heavy atom. The van der Waals surface area contributed by atoms with Crippen molar-refractivity contribution in [3.63, 3.8) is 0 Å². The Morgan fingerprint density at radius 3 is 3.00 bits per heavy atom. The normalized spacial score (nSPS) is 27.2. The van der Waals surface area contributed by atoms with Gasteiger partial charge in [0.15, 0.2) is 11.5 Å². The lowest BCUT2D eigenvalue weighted by Gasteiger charge is -2.13. The number of hydrogen-bond acceptors (Lipinski definition) is 7. The van der Waals surface area contributed by atoms with Crippen LogP contribution in [0.3, 0.4) is 0 Å². The highest BCUT2D eigenvalue weighted by Gasteiger charge is 2.35. The molecular weight excluding hydrogens is 318 g/mol. The Bertz CT molecular complexity index is 618. The first kappa shape index (κ1) is 12.7. The van der Waals surface area contributed by atoms with Gasteiger partial charge in [-0.15, -0.1) is 0 Å². The van der Waals surface area contributed by atoms with Crippen molar-refractivity contribution in [2.75, 3.05) is 12.3 Å². The third-order valence-electron chi connectivity index (χ3n) is 3.12. The molecule has 0 bridgehead atoms. The predicted molar refractivity (Wildman–Crippen MR) is 69.1 cm³/mol. The van der Waals surface area contributed by atoms with Crippen LogP contribution in [0.2, 0.25) is 0 Å². The summed E-state index contributed by atoms with van der Waals surface area (Å²) in [6.45, 7) is -0.231. The van der Waals surface area contributed by atoms with E-state index in [-0.39, 0.29) is 12.4 Å². The van der Waals surface area contributed by atoms with E-state index in [4.69, 9.17) is 15.6 Å². The fourth-order valence-electron chi connectivity index (χ4n) is 2.17. The molecule has 0 aromatic carbocycles. The summed E-state index contributed by atoms with van der Waals surface area (Å²) >= 11 is 3.17. The Hall–Kier alpha value is -1.29. The van der Waals surface area contributed by atoms with Crippen LogP contribution in [0.1, 0.15) is 12.6 Å². The molecule has 1 aliphatic rings. The van der Waals surface area contributed by atoms with Gasteiger partial charge in [0.05, 0.1) is 19.0 Å². The first-order valence-corrected chi connectivity index (χ1v) is 6.49. The van der Waals surface area contributed by atoms with Crippen LogP contribution in [-0.4, -0.2) is 48.5 Å². The average molecular weight is 330 g/mol. The van der Waals surface area contributed by atoms with Crippen molar-refractivity contribution in [3.05, 3.63) is 11.1 Å². The zero-order chi connectivity index (χ0) is 13.6. The van der Waals surface area contributed by atoms with Gasteiger partial charge in [-0.1, -0.05) is 0 Å². The molecule has 2 aromatic heterocycles. The molecule has 8 nitrogen and oxygen atoms in total. The molecule has 9 heteroatoms. The molecule has 4 N–H and O–H groups in total. The molecule has 102 valence electrons. The van der Waals surface area contributed by atoms with Gasteiger partial charge in [0.25, 0.3) is 0 Å². The standard InChI is InChI=1S/C10H12BrN5O3/c11-10-14-8(12)7-9(15-10)16(3-13-7)6-1-4(18)5(2-17)19-6/h3-6,17-18H,1-2H2,(H2,12,14,15)/t4-,5+,6+/m0/s1. The lowest BCUT2D eigenvalue weighted by Crippen LogP contribution is -2.24. The van der Waals surface area contributed by atoms with Crippen LogP contribution in [0.5, 0.6) is 0 Å². The van der Waals surface area contributed by atoms with E-state index in [1.807, 2.05) is 0 Å². The molecule has 0 radical (unpaired) electrons. The van der Waals surface area contributed by atoms with Crippen LogP contribution in [0.15, 0.2) is 11.1 Å². The van der Waals surface area contributed by atoms with E-state index in [9.17, 15) is 5.11 Å². The minimum atomic E-state index is -0.713. The third kappa shape index (κ3) is 2.08. The summed E-state index contributed by atoms with van der Waals surface area (Å²) in [6, 6.07) is 0. The van der Waals surface area contributed by atoms with Gasteiger partial charge < -0.3 is 20.7 Å². The number of aliphatic hydroxyl groups excluding tert-OH is 2. The fraction of sp³-hybridized carbons (Fsp3) is 0.500. The Balaban J connectivity index is 2.02. The largest absolute Gasteiger partial charge is 0.394 e. The number of aliphatic hydroxyl groups is 2. The van der Waals surface area contributed by atoms with Crippen LogP contribution < -0.4 is 5.73 Å². The number of ether oxygens (including phenoxy) is 1. The van der Waals surface area contributed by atoms with Crippen molar-refractivity contribution in [2.45, 2.75) is 24.9 Å². The molecule has 0 saturated carbocycles. The number of aromatic nitrogens is 4. The number of nitrogens with zero attached hydrogens (tertiary/aromatic N) is 4. The van der Waals surface area contributed by atoms with Gasteiger partial charge >= 0.3 is 0 Å². The Kier molecular flexibility index (Phi) is 3.13. The summed E-state index contributed by atoms with van der Waals surface area (Å²) in [5.41, 5.74) is 6.77. The van der Waals surface area contributed by atoms with Gasteiger partial charge in [0, 0.05) is 6.42 Å². The summed E-state index contributed by atoms with van der Waals surface area (Å²) in [4.78, 5) is 12.3. The molecule has 0 unspecified atom stereocenters. The van der Waals surface area contributed by atoms with Gasteiger partial charge in [-0.05, 0) is 15.9 Å². The van der Waals surface area contributed by atoms with Gasteiger partial charge in [0.1, 0.15) is 17.8 Å². The van der Waals surface area contributed by atoms with Crippen LogP contribution in [-0.2, 0) is 4.74 Å². The summed E-state index contributed by atoms with van der Waals surface area (Å²) in [5, 5.41) is 18.8. The first-order valence-electron chi connectivity index (χ1n) is 5.70. The summed E-state index contributed by atoms with van der Waals surface area (Å²) in [6.07, 6.45) is 0.163. The van der Waals surface area contributed by atoms with Crippen molar-refractivity contribution >= 4 is 32.9 Å². The summed E-state index contributed by atoms with van der Waals surface area (Å²) < 4.78 is 7.60. The van der Waals surface area contributed by atoms with Crippen molar-refractivity contribution in [2.24, 2.45) is 0 Å². The van der Waals surface area contributed by atoms with Crippen molar-refractivity contribution in [1.29, 1.82) is 0 Å². The molecule has 1 aliphatic heterocycles. The van der Waals surface area contributed by atoms with E-state index in [0.29, 0.717) is 22.3 Å². The predicted octanol–water partition coefficient (Wildman–Crippen LogP) is -0.188. The lowest BCUT2D eigenvalue weighted by atomic mass is 10.2. The van der Waals surface area contributed by atoms with E-state index in [1.165, 1.54) is 0 Å². The van der Waals surface area contributed by atoms with E-state index >= 15 is 0 Å². The molecule has 0 aliphatic carbocycles. The molecule has 3 heterocycles. The average Bonchev–Trinajstić information content (AvgIpc) is 2.92. The maximum atomic E-state index is 9.75. The molecule has 2 aromatic rings. The molecular formula is C10H12BrN5O3. The van der Waals surface area contributed by atoms with Gasteiger partial charge in [-0.3, -0.25) is 4.57 Å². The summed E-state index contributed by atoms with van der Waals surface area (Å²) in [5.74, 6) is 0.271. The molecule has 3 rings (SSSR count). The minimum absolute atomic E-state index is 0.231. The fourth-order valence-corrected chi connectivity index (χ4v) is 2.53. The number of nitrogen functional groups attached to an aromatic ring is 1. The number of nitrogens with two attached hydrogens (primary N) is 1. The summed E-state index contributed by atoms with van der Waals surface area (Å²) in [7, 11) is 0. The number of hydrogen-bond donors (Lipinski definition) is 3. The van der Waals surface area contributed by atoms with E-state index in [1.54, 1.807) is 10.9 Å². The Morgan fingerprint density at radius 1 is 1.53 bits per heavy atom. The van der Waals surface area contributed by atoms with Crippen LogP contribution in [0.25, 0.3) is 11.2 Å². The van der Waals surface area contributed by atoms with Crippen molar-refractivity contribution < 1.29 is 14.9 Å². The third-order valence-corrected chi connectivity index (χ3v) is 3.47. The van der Waals surface area contributed by atoms with Gasteiger partial charge in [-0.25, -0.2) is 15.0 Å². The zero-order valence-corrected chi connectivity index (χ0v) is 11.4. The highest BCUT2D eigenvalue weighted by atomic mass is 79.9. The smallest absolute Gasteiger partial charge is 0.200 e. The molecule has 0 spiro atoms. The lowest BCUT2D eigenvalue weighted by molar-refractivity contribution is -0.0432. The maximum Gasteiger partial charge on any atom is 0.200 e. The monoisotopic (exact) mass is 329 g/mol. The molecule has 1 fully saturated rings. The highest BCUT2D eigenvalue weighted by Crippen LogP contribution is 2.31. The first-order chi connectivity index (χ1) is 9.10. The van der Waals surface area contributed by atoms with E-state index in [2.05, 4.69) is 30.9 Å². The van der Waals surface area contributed by atoms with E-state index < -0.39 is 18.4 Å². The second kappa shape index (κ2) is 4.67. The number of rotatable bonds is 2. The molecule has 3 atom stereocenters. The molecule has 19 heavy (non-hydrogen) atoms.